The number of hydrogen-bond donors (Lipinski definition) is 1. The molecule has 0 saturated heterocycles. The molecule has 3 aromatic rings. The predicted molar refractivity (Wildman–Crippen MR) is 144 cm³/mol. The van der Waals surface area contributed by atoms with Crippen LogP contribution in [0.1, 0.15) is 66.0 Å². The highest BCUT2D eigenvalue weighted by atomic mass is 32.2. The lowest BCUT2D eigenvalue weighted by Crippen LogP contribution is -2.27. The van der Waals surface area contributed by atoms with Crippen molar-refractivity contribution >= 4 is 34.4 Å². The first-order valence-electron chi connectivity index (χ1n) is 12.1. The van der Waals surface area contributed by atoms with E-state index in [-0.39, 0.29) is 28.9 Å². The standard InChI is InChI=1S/C28H35N3O3S/c1-17(2)11-12-29-26(33)21-8-10-23-24(14-21)30-28(31(27(23)34)15-18(3)4)35-16-25(32)22-9-7-19(5)13-20(22)6/h7-10,13-14,17-18H,11-12,15-16H2,1-6H3,(H,29,33). The second-order valence-electron chi connectivity index (χ2n) is 9.90. The highest BCUT2D eigenvalue weighted by Crippen LogP contribution is 2.22. The van der Waals surface area contributed by atoms with Crippen molar-refractivity contribution in [3.8, 4) is 0 Å². The minimum atomic E-state index is -0.181. The fourth-order valence-corrected chi connectivity index (χ4v) is 4.78. The Bertz CT molecular complexity index is 1290. The Hall–Kier alpha value is -2.93. The van der Waals surface area contributed by atoms with Crippen LogP contribution < -0.4 is 10.9 Å². The molecule has 0 radical (unpaired) electrons. The van der Waals surface area contributed by atoms with Crippen LogP contribution in [0, 0.1) is 25.7 Å². The summed E-state index contributed by atoms with van der Waals surface area (Å²) in [5, 5.41) is 3.89. The Labute approximate surface area is 211 Å². The molecule has 0 atom stereocenters. The van der Waals surface area contributed by atoms with Gasteiger partial charge < -0.3 is 5.32 Å². The number of hydrogen-bond acceptors (Lipinski definition) is 5. The van der Waals surface area contributed by atoms with Crippen molar-refractivity contribution in [2.75, 3.05) is 12.3 Å². The van der Waals surface area contributed by atoms with Gasteiger partial charge in [0.2, 0.25) is 0 Å². The van der Waals surface area contributed by atoms with Gasteiger partial charge in [0.1, 0.15) is 0 Å². The lowest BCUT2D eigenvalue weighted by molar-refractivity contribution is 0.0951. The number of nitrogens with zero attached hydrogens (tertiary/aromatic N) is 2. The number of Topliss-reactive ketones (excluding diaryl/α,β-unsaturated/α-hetero) is 1. The summed E-state index contributed by atoms with van der Waals surface area (Å²) in [4.78, 5) is 43.6. The van der Waals surface area contributed by atoms with E-state index in [1.54, 1.807) is 22.8 Å². The largest absolute Gasteiger partial charge is 0.352 e. The van der Waals surface area contributed by atoms with E-state index < -0.39 is 0 Å². The summed E-state index contributed by atoms with van der Waals surface area (Å²) in [5.41, 5.74) is 3.51. The molecule has 0 unspecified atom stereocenters. The number of benzene rings is 2. The predicted octanol–water partition coefficient (Wildman–Crippen LogP) is 5.42. The number of rotatable bonds is 10. The third kappa shape index (κ3) is 6.82. The maximum atomic E-state index is 13.3. The zero-order valence-corrected chi connectivity index (χ0v) is 22.3. The molecule has 2 aromatic carbocycles. The molecule has 0 aliphatic rings. The van der Waals surface area contributed by atoms with Gasteiger partial charge in [-0.15, -0.1) is 0 Å². The summed E-state index contributed by atoms with van der Waals surface area (Å²) < 4.78 is 1.65. The molecule has 0 aliphatic carbocycles. The van der Waals surface area contributed by atoms with Crippen LogP contribution >= 0.6 is 11.8 Å². The van der Waals surface area contributed by atoms with Gasteiger partial charge in [0, 0.05) is 24.2 Å². The lowest BCUT2D eigenvalue weighted by Gasteiger charge is -2.15. The lowest BCUT2D eigenvalue weighted by atomic mass is 10.0. The van der Waals surface area contributed by atoms with Crippen LogP contribution in [-0.2, 0) is 6.54 Å². The number of aromatic nitrogens is 2. The van der Waals surface area contributed by atoms with Gasteiger partial charge in [-0.3, -0.25) is 19.0 Å². The van der Waals surface area contributed by atoms with Crippen molar-refractivity contribution in [1.82, 2.24) is 14.9 Å². The molecule has 0 spiro atoms. The second-order valence-corrected chi connectivity index (χ2v) is 10.8. The Morgan fingerprint density at radius 2 is 1.77 bits per heavy atom. The quantitative estimate of drug-likeness (QED) is 0.232. The molecule has 6 nitrogen and oxygen atoms in total. The molecule has 0 aliphatic heterocycles. The molecule has 0 fully saturated rings. The van der Waals surface area contributed by atoms with Gasteiger partial charge >= 0.3 is 0 Å². The van der Waals surface area contributed by atoms with Gasteiger partial charge in [-0.05, 0) is 55.9 Å². The van der Waals surface area contributed by atoms with E-state index in [0.717, 1.165) is 17.5 Å². The average Bonchev–Trinajstić information content (AvgIpc) is 2.78. The van der Waals surface area contributed by atoms with Crippen LogP contribution in [0.15, 0.2) is 46.3 Å². The topological polar surface area (TPSA) is 81.1 Å². The maximum Gasteiger partial charge on any atom is 0.262 e. The van der Waals surface area contributed by atoms with Crippen molar-refractivity contribution in [2.24, 2.45) is 11.8 Å². The monoisotopic (exact) mass is 493 g/mol. The fraction of sp³-hybridized carbons (Fsp3) is 0.429. The van der Waals surface area contributed by atoms with Crippen LogP contribution in [0.3, 0.4) is 0 Å². The van der Waals surface area contributed by atoms with E-state index in [1.165, 1.54) is 11.8 Å². The molecule has 7 heteroatoms. The maximum absolute atomic E-state index is 13.3. The first-order valence-corrected chi connectivity index (χ1v) is 13.1. The number of thioether (sulfide) groups is 1. The molecule has 0 bridgehead atoms. The summed E-state index contributed by atoms with van der Waals surface area (Å²) >= 11 is 1.27. The van der Waals surface area contributed by atoms with Gasteiger partial charge in [-0.25, -0.2) is 4.98 Å². The van der Waals surface area contributed by atoms with Crippen molar-refractivity contribution in [3.05, 3.63) is 69.0 Å². The Morgan fingerprint density at radius 3 is 2.43 bits per heavy atom. The molecular formula is C28H35N3O3S. The molecule has 186 valence electrons. The second kappa shape index (κ2) is 11.7. The Kier molecular flexibility index (Phi) is 8.89. The Balaban J connectivity index is 1.92. The number of ketones is 1. The van der Waals surface area contributed by atoms with Crippen LogP contribution in [0.25, 0.3) is 10.9 Å². The number of carbonyl (C=O) groups is 2. The Morgan fingerprint density at radius 1 is 1.03 bits per heavy atom. The highest BCUT2D eigenvalue weighted by Gasteiger charge is 2.17. The van der Waals surface area contributed by atoms with Crippen molar-refractivity contribution < 1.29 is 9.59 Å². The molecule has 1 heterocycles. The zero-order chi connectivity index (χ0) is 25.7. The van der Waals surface area contributed by atoms with Crippen LogP contribution in [0.4, 0.5) is 0 Å². The zero-order valence-electron chi connectivity index (χ0n) is 21.5. The van der Waals surface area contributed by atoms with E-state index in [0.29, 0.717) is 46.2 Å². The summed E-state index contributed by atoms with van der Waals surface area (Å²) in [6, 6.07) is 10.8. The number of nitrogens with one attached hydrogen (secondary N) is 1. The first-order chi connectivity index (χ1) is 16.6. The van der Waals surface area contributed by atoms with E-state index in [2.05, 4.69) is 19.2 Å². The van der Waals surface area contributed by atoms with Crippen molar-refractivity contribution in [3.63, 3.8) is 0 Å². The van der Waals surface area contributed by atoms with E-state index in [1.807, 2.05) is 45.9 Å². The number of aryl methyl sites for hydroxylation is 2. The third-order valence-corrected chi connectivity index (χ3v) is 6.73. The van der Waals surface area contributed by atoms with Crippen molar-refractivity contribution in [2.45, 2.75) is 59.7 Å². The van der Waals surface area contributed by atoms with Crippen molar-refractivity contribution in [1.29, 1.82) is 0 Å². The molecule has 1 amide bonds. The molecule has 3 rings (SSSR count). The average molecular weight is 494 g/mol. The molecule has 1 aromatic heterocycles. The van der Waals surface area contributed by atoms with Gasteiger partial charge in [0.15, 0.2) is 10.9 Å². The van der Waals surface area contributed by atoms with Gasteiger partial charge in [-0.1, -0.05) is 63.2 Å². The fourth-order valence-electron chi connectivity index (χ4n) is 3.89. The smallest absolute Gasteiger partial charge is 0.262 e. The van der Waals surface area contributed by atoms with E-state index >= 15 is 0 Å². The van der Waals surface area contributed by atoms with Crippen LogP contribution in [0.2, 0.25) is 0 Å². The SMILES string of the molecule is Cc1ccc(C(=O)CSc2nc3cc(C(=O)NCCC(C)C)ccc3c(=O)n2CC(C)C)c(C)c1. The van der Waals surface area contributed by atoms with Crippen LogP contribution in [-0.4, -0.2) is 33.5 Å². The summed E-state index contributed by atoms with van der Waals surface area (Å²) in [6.45, 7) is 13.3. The summed E-state index contributed by atoms with van der Waals surface area (Å²) in [5.74, 6) is 0.720. The minimum absolute atomic E-state index is 0.00350. The summed E-state index contributed by atoms with van der Waals surface area (Å²) in [6.07, 6.45) is 0.896. The van der Waals surface area contributed by atoms with E-state index in [4.69, 9.17) is 4.98 Å². The number of fused-ring (bicyclic) bond motifs is 1. The molecule has 0 saturated carbocycles. The molecular weight excluding hydrogens is 458 g/mol. The van der Waals surface area contributed by atoms with Gasteiger partial charge in [0.25, 0.3) is 11.5 Å². The highest BCUT2D eigenvalue weighted by molar-refractivity contribution is 7.99. The van der Waals surface area contributed by atoms with Gasteiger partial charge in [0.05, 0.1) is 16.7 Å². The summed E-state index contributed by atoms with van der Waals surface area (Å²) in [7, 11) is 0. The molecule has 35 heavy (non-hydrogen) atoms. The normalized spacial score (nSPS) is 11.4. The number of carbonyl (C=O) groups excluding carboxylic acids is 2. The van der Waals surface area contributed by atoms with E-state index in [9.17, 15) is 14.4 Å². The minimum Gasteiger partial charge on any atom is -0.352 e. The van der Waals surface area contributed by atoms with Crippen LogP contribution in [0.5, 0.6) is 0 Å². The van der Waals surface area contributed by atoms with Gasteiger partial charge in [-0.2, -0.15) is 0 Å². The number of amides is 1. The third-order valence-electron chi connectivity index (χ3n) is 5.75. The molecule has 1 N–H and O–H groups in total. The first kappa shape index (κ1) is 26.7.